The average Bonchev–Trinajstić information content (AvgIpc) is 3.09. The number of carbonyl (C=O) groups excluding carboxylic acids is 2. The van der Waals surface area contributed by atoms with Crippen LogP contribution in [0, 0.1) is 34.5 Å². The van der Waals surface area contributed by atoms with Crippen molar-refractivity contribution in [1.82, 2.24) is 0 Å². The molecule has 5 aliphatic rings. The van der Waals surface area contributed by atoms with Crippen LogP contribution in [0.4, 0.5) is 13.6 Å². The molecule has 9 heteroatoms. The smallest absolute Gasteiger partial charge is 0.478 e. The van der Waals surface area contributed by atoms with Crippen molar-refractivity contribution in [3.63, 3.8) is 0 Å². The molecule has 216 valence electrons. The summed E-state index contributed by atoms with van der Waals surface area (Å²) in [6.07, 6.45) is 2.72. The third-order valence-corrected chi connectivity index (χ3v) is 11.4. The lowest BCUT2D eigenvalue weighted by Crippen LogP contribution is -2.71. The zero-order chi connectivity index (χ0) is 28.5. The van der Waals surface area contributed by atoms with Gasteiger partial charge in [-0.2, -0.15) is 0 Å². The number of ether oxygens (including phenoxy) is 2. The number of alkyl halides is 2. The Hall–Kier alpha value is -2.29. The van der Waals surface area contributed by atoms with Gasteiger partial charge in [-0.25, -0.2) is 18.4 Å². The van der Waals surface area contributed by atoms with Gasteiger partial charge in [-0.05, 0) is 81.4 Å². The van der Waals surface area contributed by atoms with Gasteiger partial charge in [-0.15, -0.1) is 0 Å². The average molecular weight is 551 g/mol. The summed E-state index contributed by atoms with van der Waals surface area (Å²) in [6.45, 7) is 6.88. The lowest BCUT2D eigenvalue weighted by atomic mass is 9.44. The molecule has 0 aliphatic heterocycles. The summed E-state index contributed by atoms with van der Waals surface area (Å²) in [5, 5.41) is 22.1. The van der Waals surface area contributed by atoms with E-state index < -0.39 is 70.0 Å². The largest absolute Gasteiger partial charge is 0.509 e. The fourth-order valence-corrected chi connectivity index (χ4v) is 9.19. The van der Waals surface area contributed by atoms with E-state index in [1.54, 1.807) is 13.8 Å². The highest BCUT2D eigenvalue weighted by atomic mass is 19.1. The highest BCUT2D eigenvalue weighted by molar-refractivity contribution is 6.01. The van der Waals surface area contributed by atoms with Crippen LogP contribution in [-0.2, 0) is 19.1 Å². The van der Waals surface area contributed by atoms with Crippen molar-refractivity contribution in [3.8, 4) is 0 Å². The van der Waals surface area contributed by atoms with Crippen molar-refractivity contribution in [3.05, 3.63) is 23.8 Å². The Morgan fingerprint density at radius 2 is 1.79 bits per heavy atom. The lowest BCUT2D eigenvalue weighted by molar-refractivity contribution is -0.232. The van der Waals surface area contributed by atoms with Crippen molar-refractivity contribution in [2.75, 3.05) is 0 Å². The van der Waals surface area contributed by atoms with Gasteiger partial charge >= 0.3 is 12.1 Å². The number of aliphatic carboxylic acids is 1. The first-order valence-corrected chi connectivity index (χ1v) is 14.3. The first-order chi connectivity index (χ1) is 18.2. The molecule has 1 unspecified atom stereocenters. The Morgan fingerprint density at radius 3 is 2.41 bits per heavy atom. The number of halogens is 2. The van der Waals surface area contributed by atoms with E-state index in [0.29, 0.717) is 18.8 Å². The van der Waals surface area contributed by atoms with Gasteiger partial charge in [-0.3, -0.25) is 4.79 Å². The van der Waals surface area contributed by atoms with Crippen molar-refractivity contribution in [2.45, 2.75) is 109 Å². The molecule has 0 amide bonds. The fraction of sp³-hybridized carbons (Fsp3) is 0.767. The maximum Gasteiger partial charge on any atom is 0.509 e. The zero-order valence-corrected chi connectivity index (χ0v) is 23.1. The number of allylic oxidation sites excluding steroid dienone is 4. The number of fused-ring (bicyclic) bond motifs is 5. The van der Waals surface area contributed by atoms with Crippen LogP contribution in [0.1, 0.15) is 79.1 Å². The standard InChI is InChI=1S/C30H40F2O7/c1-5-17-6-8-19(9-7-17)38-26(37)39-30(25(35)36)16(2)12-20-21-14-23(31)22-13-18(33)10-11-27(22,3)29(21,32)24(34)15-28(20,30)4/h10-11,13,16-17,19-21,23-24,34H,5-9,12,14-15H2,1-4H3,(H,35,36)/t16-,17-,19+,20+,21+,23+,24+,27+,28+,29?,30-/m1/s1. The second kappa shape index (κ2) is 9.38. The Bertz CT molecular complexity index is 1110. The molecule has 0 aromatic rings. The van der Waals surface area contributed by atoms with E-state index in [-0.39, 0.29) is 30.9 Å². The van der Waals surface area contributed by atoms with Gasteiger partial charge in [0.25, 0.3) is 0 Å². The third kappa shape index (κ3) is 3.77. The SMILES string of the molecule is CC[C@H]1CC[C@@H](OC(=O)O[C@@]2(C(=O)O)[C@H](C)C[C@H]3[C@@H]4C[C@H](F)C5=CC(=O)C=C[C@]5(C)C4(F)[C@@H](O)C[C@@]32C)CC1. The monoisotopic (exact) mass is 550 g/mol. The summed E-state index contributed by atoms with van der Waals surface area (Å²) < 4.78 is 44.4. The van der Waals surface area contributed by atoms with Crippen LogP contribution in [0.5, 0.6) is 0 Å². The molecule has 9 atom stereocenters. The van der Waals surface area contributed by atoms with Crippen LogP contribution in [0.3, 0.4) is 0 Å². The van der Waals surface area contributed by atoms with Crippen LogP contribution in [0.2, 0.25) is 0 Å². The van der Waals surface area contributed by atoms with E-state index in [9.17, 15) is 24.6 Å². The molecule has 7 nitrogen and oxygen atoms in total. The van der Waals surface area contributed by atoms with Gasteiger partial charge in [0.2, 0.25) is 5.60 Å². The number of carbonyl (C=O) groups is 3. The van der Waals surface area contributed by atoms with Crippen molar-refractivity contribution >= 4 is 17.9 Å². The molecule has 0 spiro atoms. The minimum atomic E-state index is -2.34. The molecular weight excluding hydrogens is 510 g/mol. The van der Waals surface area contributed by atoms with Gasteiger partial charge < -0.3 is 19.7 Å². The Balaban J connectivity index is 1.47. The van der Waals surface area contributed by atoms with E-state index in [1.807, 2.05) is 0 Å². The summed E-state index contributed by atoms with van der Waals surface area (Å²) in [6, 6.07) is 0. The zero-order valence-electron chi connectivity index (χ0n) is 23.1. The number of hydrogen-bond donors (Lipinski definition) is 2. The first kappa shape index (κ1) is 28.2. The molecule has 0 saturated heterocycles. The molecule has 0 bridgehead atoms. The Labute approximate surface area is 228 Å². The van der Waals surface area contributed by atoms with Crippen molar-refractivity contribution in [2.24, 2.45) is 34.5 Å². The Kier molecular flexibility index (Phi) is 6.80. The van der Waals surface area contributed by atoms with E-state index in [4.69, 9.17) is 9.47 Å². The summed E-state index contributed by atoms with van der Waals surface area (Å²) >= 11 is 0. The number of ketones is 1. The number of hydrogen-bond acceptors (Lipinski definition) is 6. The summed E-state index contributed by atoms with van der Waals surface area (Å²) in [7, 11) is 0. The van der Waals surface area contributed by atoms with E-state index in [0.717, 1.165) is 25.3 Å². The first-order valence-electron chi connectivity index (χ1n) is 14.3. The van der Waals surface area contributed by atoms with Gasteiger partial charge in [0.05, 0.1) is 6.10 Å². The molecule has 0 aromatic carbocycles. The van der Waals surface area contributed by atoms with Crippen LogP contribution < -0.4 is 0 Å². The molecule has 4 fully saturated rings. The third-order valence-electron chi connectivity index (χ3n) is 11.4. The van der Waals surface area contributed by atoms with Gasteiger partial charge in [0.15, 0.2) is 11.5 Å². The van der Waals surface area contributed by atoms with Gasteiger partial charge in [-0.1, -0.05) is 33.3 Å². The number of carboxylic acid groups (broad SMARTS) is 1. The molecule has 4 saturated carbocycles. The van der Waals surface area contributed by atoms with E-state index in [2.05, 4.69) is 6.92 Å². The minimum absolute atomic E-state index is 0.00423. The minimum Gasteiger partial charge on any atom is -0.478 e. The molecule has 5 rings (SSSR count). The lowest BCUT2D eigenvalue weighted by Gasteiger charge is -2.62. The topological polar surface area (TPSA) is 110 Å². The number of aliphatic hydroxyl groups is 1. The van der Waals surface area contributed by atoms with E-state index >= 15 is 8.78 Å². The highest BCUT2D eigenvalue weighted by Crippen LogP contribution is 2.71. The molecule has 5 aliphatic carbocycles. The van der Waals surface area contributed by atoms with Crippen LogP contribution in [0.15, 0.2) is 23.8 Å². The van der Waals surface area contributed by atoms with Crippen molar-refractivity contribution < 1.29 is 42.9 Å². The molecule has 0 heterocycles. The molecule has 2 N–H and O–H groups in total. The van der Waals surface area contributed by atoms with Crippen LogP contribution in [-0.4, -0.2) is 57.8 Å². The Morgan fingerprint density at radius 1 is 1.13 bits per heavy atom. The van der Waals surface area contributed by atoms with Gasteiger partial charge in [0.1, 0.15) is 12.3 Å². The maximum atomic E-state index is 17.4. The number of carboxylic acids is 1. The summed E-state index contributed by atoms with van der Waals surface area (Å²) in [5.74, 6) is -3.74. The second-order valence-corrected chi connectivity index (χ2v) is 13.1. The predicted molar refractivity (Wildman–Crippen MR) is 137 cm³/mol. The van der Waals surface area contributed by atoms with Crippen LogP contribution >= 0.6 is 0 Å². The highest BCUT2D eigenvalue weighted by Gasteiger charge is 2.78. The number of rotatable bonds is 4. The molecule has 39 heavy (non-hydrogen) atoms. The van der Waals surface area contributed by atoms with Gasteiger partial charge in [0, 0.05) is 22.7 Å². The predicted octanol–water partition coefficient (Wildman–Crippen LogP) is 5.50. The fourth-order valence-electron chi connectivity index (χ4n) is 9.19. The number of aliphatic hydroxyl groups excluding tert-OH is 1. The molecule has 0 aromatic heterocycles. The van der Waals surface area contributed by atoms with Crippen molar-refractivity contribution in [1.29, 1.82) is 0 Å². The maximum absolute atomic E-state index is 17.4. The molecule has 0 radical (unpaired) electrons. The summed E-state index contributed by atoms with van der Waals surface area (Å²) in [4.78, 5) is 38.1. The quantitative estimate of drug-likeness (QED) is 0.445. The van der Waals surface area contributed by atoms with E-state index in [1.165, 1.54) is 19.1 Å². The second-order valence-electron chi connectivity index (χ2n) is 13.1. The normalized spacial score (nSPS) is 48.8. The van der Waals surface area contributed by atoms with Crippen LogP contribution in [0.25, 0.3) is 0 Å². The molecular formula is C30H40F2O7. The summed E-state index contributed by atoms with van der Waals surface area (Å²) in [5.41, 5.74) is -7.38.